The number of fused-ring (bicyclic) bond motifs is 1. The lowest BCUT2D eigenvalue weighted by Gasteiger charge is -2.45. The summed E-state index contributed by atoms with van der Waals surface area (Å²) in [5.74, 6) is -3.19. The molecule has 2 fully saturated rings. The van der Waals surface area contributed by atoms with Crippen LogP contribution in [0.4, 0.5) is 0 Å². The van der Waals surface area contributed by atoms with Crippen LogP contribution in [0, 0.1) is 0 Å². The van der Waals surface area contributed by atoms with Crippen molar-refractivity contribution in [2.24, 2.45) is 0 Å². The van der Waals surface area contributed by atoms with Gasteiger partial charge in [0.2, 0.25) is 17.5 Å². The van der Waals surface area contributed by atoms with E-state index >= 15 is 0 Å². The van der Waals surface area contributed by atoms with Gasteiger partial charge in [-0.1, -0.05) is 0 Å². The molecule has 0 amide bonds. The van der Waals surface area contributed by atoms with E-state index in [0.29, 0.717) is 0 Å². The lowest BCUT2D eigenvalue weighted by atomic mass is 9.97. The van der Waals surface area contributed by atoms with Gasteiger partial charge < -0.3 is 74.4 Å². The Bertz CT molecular complexity index is 1540. The van der Waals surface area contributed by atoms with E-state index in [4.69, 9.17) is 23.4 Å². The molecule has 0 aliphatic carbocycles. The van der Waals surface area contributed by atoms with E-state index in [1.807, 2.05) is 0 Å². The lowest BCUT2D eigenvalue weighted by Crippen LogP contribution is -2.64. The Morgan fingerprint density at radius 1 is 0.791 bits per heavy atom. The first kappa shape index (κ1) is 30.7. The minimum Gasteiger partial charge on any atom is -0.508 e. The number of benzene rings is 2. The Labute approximate surface area is 241 Å². The zero-order valence-corrected chi connectivity index (χ0v) is 22.3. The summed E-state index contributed by atoms with van der Waals surface area (Å²) >= 11 is 0. The molecule has 2 aliphatic heterocycles. The van der Waals surface area contributed by atoms with Crippen molar-refractivity contribution in [1.29, 1.82) is 0 Å². The third-order valence-corrected chi connectivity index (χ3v) is 7.31. The number of aliphatic hydroxyl groups excluding tert-OH is 6. The highest BCUT2D eigenvalue weighted by atomic mass is 16.7. The van der Waals surface area contributed by atoms with Crippen LogP contribution < -0.4 is 10.2 Å². The first-order chi connectivity index (χ1) is 20.3. The fourth-order valence-corrected chi connectivity index (χ4v) is 4.97. The molecule has 0 saturated carbocycles. The highest BCUT2D eigenvalue weighted by Crippen LogP contribution is 2.39. The maximum absolute atomic E-state index is 13.6. The second-order valence-electron chi connectivity index (χ2n) is 10.2. The van der Waals surface area contributed by atoms with Crippen molar-refractivity contribution in [3.63, 3.8) is 0 Å². The molecule has 5 unspecified atom stereocenters. The minimum atomic E-state index is -1.93. The molecule has 0 radical (unpaired) electrons. The summed E-state index contributed by atoms with van der Waals surface area (Å²) in [6.07, 6.45) is -16.3. The van der Waals surface area contributed by atoms with E-state index in [-0.39, 0.29) is 16.9 Å². The fourth-order valence-electron chi connectivity index (χ4n) is 4.97. The van der Waals surface area contributed by atoms with Gasteiger partial charge in [0.25, 0.3) is 0 Å². The Kier molecular flexibility index (Phi) is 8.41. The summed E-state index contributed by atoms with van der Waals surface area (Å²) in [4.78, 5) is 13.6. The Balaban J connectivity index is 1.47. The summed E-state index contributed by atoms with van der Waals surface area (Å²) < 4.78 is 28.0. The molecule has 3 aromatic rings. The topological polar surface area (TPSA) is 269 Å². The van der Waals surface area contributed by atoms with Gasteiger partial charge in [-0.3, -0.25) is 4.79 Å². The van der Waals surface area contributed by atoms with Gasteiger partial charge in [0.15, 0.2) is 23.5 Å². The molecule has 0 bridgehead atoms. The monoisotopic (exact) mass is 610 g/mol. The second-order valence-corrected chi connectivity index (χ2v) is 10.2. The van der Waals surface area contributed by atoms with Gasteiger partial charge in [0, 0.05) is 17.7 Å². The quantitative estimate of drug-likeness (QED) is 0.140. The van der Waals surface area contributed by atoms with Gasteiger partial charge in [-0.05, 0) is 25.1 Å². The number of ether oxygens (including phenoxy) is 4. The van der Waals surface area contributed by atoms with Crippen LogP contribution in [0.2, 0.25) is 0 Å². The number of hydrogen-bond donors (Lipinski definition) is 10. The molecule has 43 heavy (non-hydrogen) atoms. The predicted molar refractivity (Wildman–Crippen MR) is 140 cm³/mol. The SMILES string of the molecule is CC1O[C@@H](Oc2c(-c3ccc(O)c(O)c3)oc3cc(O)cc(O)c3c2=O)[C@@H](O)C(O)[C@H]1O[C@@H]1OC(CO)[C@@H](O)C(O)C1O. The van der Waals surface area contributed by atoms with Crippen molar-refractivity contribution in [1.82, 2.24) is 0 Å². The van der Waals surface area contributed by atoms with E-state index in [2.05, 4.69) is 0 Å². The summed E-state index contributed by atoms with van der Waals surface area (Å²) in [5.41, 5.74) is -1.27. The van der Waals surface area contributed by atoms with E-state index < -0.39 is 108 Å². The highest BCUT2D eigenvalue weighted by molar-refractivity contribution is 5.88. The Morgan fingerprint density at radius 3 is 2.16 bits per heavy atom. The van der Waals surface area contributed by atoms with Gasteiger partial charge in [-0.15, -0.1) is 0 Å². The second kappa shape index (κ2) is 11.8. The van der Waals surface area contributed by atoms with Gasteiger partial charge in [0.1, 0.15) is 65.2 Å². The van der Waals surface area contributed by atoms with Crippen LogP contribution in [0.5, 0.6) is 28.7 Å². The highest BCUT2D eigenvalue weighted by Gasteiger charge is 2.50. The number of aromatic hydroxyl groups is 4. The number of rotatable bonds is 6. The summed E-state index contributed by atoms with van der Waals surface area (Å²) in [6, 6.07) is 5.32. The van der Waals surface area contributed by atoms with Crippen molar-refractivity contribution >= 4 is 11.0 Å². The summed E-state index contributed by atoms with van der Waals surface area (Å²) in [7, 11) is 0. The van der Waals surface area contributed by atoms with Crippen molar-refractivity contribution in [3.05, 3.63) is 40.6 Å². The van der Waals surface area contributed by atoms with Crippen LogP contribution in [0.1, 0.15) is 6.92 Å². The minimum absolute atomic E-state index is 0.00476. The number of aliphatic hydroxyl groups is 6. The smallest absolute Gasteiger partial charge is 0.239 e. The first-order valence-corrected chi connectivity index (χ1v) is 13.0. The normalized spacial score (nSPS) is 33.0. The van der Waals surface area contributed by atoms with Gasteiger partial charge in [0.05, 0.1) is 12.7 Å². The van der Waals surface area contributed by atoms with Gasteiger partial charge in [-0.2, -0.15) is 0 Å². The van der Waals surface area contributed by atoms with Crippen LogP contribution in [0.15, 0.2) is 39.5 Å². The Morgan fingerprint density at radius 2 is 1.49 bits per heavy atom. The fraction of sp³-hybridized carbons (Fsp3) is 0.444. The molecular weight excluding hydrogens is 580 g/mol. The van der Waals surface area contributed by atoms with Crippen molar-refractivity contribution < 1.29 is 74.4 Å². The molecule has 16 nitrogen and oxygen atoms in total. The summed E-state index contributed by atoms with van der Waals surface area (Å²) in [5, 5.41) is 101. The van der Waals surface area contributed by atoms with E-state index in [1.54, 1.807) is 0 Å². The molecule has 234 valence electrons. The molecule has 2 aliphatic rings. The number of phenols is 4. The van der Waals surface area contributed by atoms with E-state index in [9.17, 15) is 55.9 Å². The molecule has 3 heterocycles. The molecular formula is C27H30O16. The molecule has 0 spiro atoms. The maximum Gasteiger partial charge on any atom is 0.239 e. The molecule has 1 aromatic heterocycles. The summed E-state index contributed by atoms with van der Waals surface area (Å²) in [6.45, 7) is 0.657. The predicted octanol–water partition coefficient (Wildman–Crippen LogP) is -1.69. The average molecular weight is 611 g/mol. The lowest BCUT2D eigenvalue weighted by molar-refractivity contribution is -0.348. The van der Waals surface area contributed by atoms with Crippen molar-refractivity contribution in [2.75, 3.05) is 6.61 Å². The number of hydrogen-bond acceptors (Lipinski definition) is 16. The largest absolute Gasteiger partial charge is 0.508 e. The molecule has 16 heteroatoms. The van der Waals surface area contributed by atoms with Crippen LogP contribution >= 0.6 is 0 Å². The van der Waals surface area contributed by atoms with Crippen molar-refractivity contribution in [2.45, 2.75) is 68.3 Å². The molecule has 10 atom stereocenters. The number of phenolic OH excluding ortho intramolecular Hbond substituents is 4. The van der Waals surface area contributed by atoms with Crippen LogP contribution in [0.3, 0.4) is 0 Å². The third-order valence-electron chi connectivity index (χ3n) is 7.31. The van der Waals surface area contributed by atoms with Gasteiger partial charge >= 0.3 is 0 Å². The maximum atomic E-state index is 13.6. The molecule has 10 N–H and O–H groups in total. The third kappa shape index (κ3) is 5.55. The zero-order chi connectivity index (χ0) is 31.3. The van der Waals surface area contributed by atoms with E-state index in [1.165, 1.54) is 13.0 Å². The van der Waals surface area contributed by atoms with Crippen LogP contribution in [0.25, 0.3) is 22.3 Å². The first-order valence-electron chi connectivity index (χ1n) is 13.0. The zero-order valence-electron chi connectivity index (χ0n) is 22.3. The molecule has 2 aromatic carbocycles. The van der Waals surface area contributed by atoms with E-state index in [0.717, 1.165) is 24.3 Å². The van der Waals surface area contributed by atoms with Gasteiger partial charge in [-0.25, -0.2) is 0 Å². The molecule has 5 rings (SSSR count). The average Bonchev–Trinajstić information content (AvgIpc) is 2.96. The Hall–Kier alpha value is -3.71. The van der Waals surface area contributed by atoms with Crippen LogP contribution in [-0.2, 0) is 14.2 Å². The standard InChI is InChI=1S/C27H30O16/c1-8-23(42-27-21(37)19(35)17(33)15(7-28)41-27)20(36)22(38)26(39-8)43-25-18(34)16-13(32)5-10(29)6-14(16)40-24(25)9-2-3-11(30)12(31)4-9/h2-6,8,15,17,19-23,26-33,35-38H,7H2,1H3/t8?,15?,17-,19?,20?,21?,22+,23+,26+,27+/m1/s1. The molecule has 2 saturated heterocycles. The van der Waals surface area contributed by atoms with Crippen molar-refractivity contribution in [3.8, 4) is 40.1 Å². The van der Waals surface area contributed by atoms with Crippen LogP contribution in [-0.4, -0.2) is 119 Å².